The molecule has 0 spiro atoms. The SMILES string of the molecule is O=C(c1ccccc1)c1ccc(C=S)cc1. The molecular formula is C14H10OS. The van der Waals surface area contributed by atoms with Crippen molar-refractivity contribution >= 4 is 23.4 Å². The molecule has 0 atom stereocenters. The van der Waals surface area contributed by atoms with Crippen LogP contribution in [0.3, 0.4) is 0 Å². The van der Waals surface area contributed by atoms with Gasteiger partial charge in [-0.2, -0.15) is 0 Å². The first-order valence-electron chi connectivity index (χ1n) is 4.96. The van der Waals surface area contributed by atoms with Gasteiger partial charge >= 0.3 is 0 Å². The molecule has 0 saturated heterocycles. The third kappa shape index (κ3) is 2.23. The minimum absolute atomic E-state index is 0.0384. The largest absolute Gasteiger partial charge is 0.289 e. The second kappa shape index (κ2) is 4.81. The lowest BCUT2D eigenvalue weighted by molar-refractivity contribution is 0.103. The van der Waals surface area contributed by atoms with Crippen LogP contribution in [0.4, 0.5) is 0 Å². The van der Waals surface area contributed by atoms with Gasteiger partial charge in [0.05, 0.1) is 0 Å². The van der Waals surface area contributed by atoms with Crippen molar-refractivity contribution in [3.05, 3.63) is 71.3 Å². The molecule has 0 aliphatic heterocycles. The van der Waals surface area contributed by atoms with E-state index in [-0.39, 0.29) is 5.78 Å². The fourth-order valence-corrected chi connectivity index (χ4v) is 1.63. The Morgan fingerprint density at radius 3 is 2.00 bits per heavy atom. The van der Waals surface area contributed by atoms with Crippen molar-refractivity contribution < 1.29 is 4.79 Å². The molecule has 0 amide bonds. The Hall–Kier alpha value is -1.80. The normalized spacial score (nSPS) is 9.75. The minimum Gasteiger partial charge on any atom is -0.289 e. The van der Waals surface area contributed by atoms with Gasteiger partial charge in [-0.15, -0.1) is 0 Å². The van der Waals surface area contributed by atoms with Crippen molar-refractivity contribution in [2.45, 2.75) is 0 Å². The van der Waals surface area contributed by atoms with Gasteiger partial charge in [-0.1, -0.05) is 66.8 Å². The molecule has 0 aromatic heterocycles. The van der Waals surface area contributed by atoms with E-state index in [1.165, 1.54) is 0 Å². The zero-order valence-electron chi connectivity index (χ0n) is 8.59. The lowest BCUT2D eigenvalue weighted by atomic mass is 10.0. The highest BCUT2D eigenvalue weighted by atomic mass is 32.1. The lowest BCUT2D eigenvalue weighted by Crippen LogP contribution is -2.00. The summed E-state index contributed by atoms with van der Waals surface area (Å²) >= 11 is 4.81. The third-order valence-corrected chi connectivity index (χ3v) is 2.62. The standard InChI is InChI=1S/C14H10OS/c15-14(12-4-2-1-3-5-12)13-8-6-11(10-16)7-9-13/h1-10H. The van der Waals surface area contributed by atoms with Gasteiger partial charge in [-0.25, -0.2) is 0 Å². The summed E-state index contributed by atoms with van der Waals surface area (Å²) in [5.41, 5.74) is 2.34. The van der Waals surface area contributed by atoms with Crippen LogP contribution < -0.4 is 0 Å². The van der Waals surface area contributed by atoms with Gasteiger partial charge in [0.1, 0.15) is 0 Å². The van der Waals surface area contributed by atoms with E-state index in [2.05, 4.69) is 0 Å². The van der Waals surface area contributed by atoms with E-state index in [4.69, 9.17) is 12.2 Å². The van der Waals surface area contributed by atoms with Gasteiger partial charge in [0.15, 0.2) is 5.78 Å². The van der Waals surface area contributed by atoms with Crippen molar-refractivity contribution in [1.82, 2.24) is 0 Å². The fraction of sp³-hybridized carbons (Fsp3) is 0. The first-order chi connectivity index (χ1) is 7.81. The van der Waals surface area contributed by atoms with E-state index in [0.29, 0.717) is 11.1 Å². The average molecular weight is 226 g/mol. The van der Waals surface area contributed by atoms with Crippen LogP contribution in [0.15, 0.2) is 54.6 Å². The maximum atomic E-state index is 12.0. The van der Waals surface area contributed by atoms with Crippen LogP contribution in [0, 0.1) is 0 Å². The molecule has 0 fully saturated rings. The highest BCUT2D eigenvalue weighted by Crippen LogP contribution is 2.10. The topological polar surface area (TPSA) is 17.1 Å². The van der Waals surface area contributed by atoms with Crippen molar-refractivity contribution in [2.24, 2.45) is 0 Å². The molecule has 1 nitrogen and oxygen atoms in total. The van der Waals surface area contributed by atoms with E-state index < -0.39 is 0 Å². The molecular weight excluding hydrogens is 216 g/mol. The molecule has 2 rings (SSSR count). The number of benzene rings is 2. The van der Waals surface area contributed by atoms with Crippen LogP contribution in [-0.4, -0.2) is 11.2 Å². The summed E-state index contributed by atoms with van der Waals surface area (Å²) in [4.78, 5) is 12.0. The van der Waals surface area contributed by atoms with Crippen LogP contribution in [0.1, 0.15) is 21.5 Å². The van der Waals surface area contributed by atoms with Crippen molar-refractivity contribution in [3.63, 3.8) is 0 Å². The van der Waals surface area contributed by atoms with Crippen LogP contribution in [0.2, 0.25) is 0 Å². The summed E-state index contributed by atoms with van der Waals surface area (Å²) in [7, 11) is 0. The maximum absolute atomic E-state index is 12.0. The number of carbonyl (C=O) groups is 1. The van der Waals surface area contributed by atoms with Crippen LogP contribution in [0.5, 0.6) is 0 Å². The first kappa shape index (κ1) is 10.7. The number of thiocarbonyl (C=S) groups is 1. The molecule has 2 aromatic carbocycles. The Morgan fingerprint density at radius 2 is 1.44 bits per heavy atom. The third-order valence-electron chi connectivity index (χ3n) is 2.34. The zero-order chi connectivity index (χ0) is 11.4. The molecule has 0 aliphatic rings. The molecule has 0 bridgehead atoms. The second-order valence-corrected chi connectivity index (χ2v) is 3.67. The summed E-state index contributed by atoms with van der Waals surface area (Å²) in [6.45, 7) is 0. The minimum atomic E-state index is 0.0384. The van der Waals surface area contributed by atoms with E-state index >= 15 is 0 Å². The first-order valence-corrected chi connectivity index (χ1v) is 5.43. The molecule has 0 radical (unpaired) electrons. The summed E-state index contributed by atoms with van der Waals surface area (Å²) in [5.74, 6) is 0.0384. The monoisotopic (exact) mass is 226 g/mol. The summed E-state index contributed by atoms with van der Waals surface area (Å²) in [6, 6.07) is 16.5. The smallest absolute Gasteiger partial charge is 0.193 e. The van der Waals surface area contributed by atoms with E-state index in [1.807, 2.05) is 42.5 Å². The number of ketones is 1. The van der Waals surface area contributed by atoms with Crippen LogP contribution >= 0.6 is 12.2 Å². The Morgan fingerprint density at radius 1 is 0.875 bits per heavy atom. The Bertz CT molecular complexity index is 500. The number of rotatable bonds is 3. The van der Waals surface area contributed by atoms with Gasteiger partial charge in [-0.05, 0) is 5.56 Å². The molecule has 2 aromatic rings. The predicted molar refractivity (Wildman–Crippen MR) is 69.1 cm³/mol. The molecule has 78 valence electrons. The molecule has 0 N–H and O–H groups in total. The number of hydrogen-bond donors (Lipinski definition) is 0. The van der Waals surface area contributed by atoms with E-state index in [1.54, 1.807) is 17.5 Å². The Kier molecular flexibility index (Phi) is 3.22. The van der Waals surface area contributed by atoms with Crippen LogP contribution in [0.25, 0.3) is 0 Å². The fourth-order valence-electron chi connectivity index (χ4n) is 1.47. The molecule has 16 heavy (non-hydrogen) atoms. The summed E-state index contributed by atoms with van der Waals surface area (Å²) < 4.78 is 0. The van der Waals surface area contributed by atoms with Gasteiger partial charge in [0, 0.05) is 16.5 Å². The summed E-state index contributed by atoms with van der Waals surface area (Å²) in [6.07, 6.45) is 0. The Balaban J connectivity index is 2.31. The van der Waals surface area contributed by atoms with Gasteiger partial charge in [0.2, 0.25) is 0 Å². The lowest BCUT2D eigenvalue weighted by Gasteiger charge is -2.01. The maximum Gasteiger partial charge on any atom is 0.193 e. The van der Waals surface area contributed by atoms with Crippen molar-refractivity contribution in [1.29, 1.82) is 0 Å². The predicted octanol–water partition coefficient (Wildman–Crippen LogP) is 3.27. The van der Waals surface area contributed by atoms with E-state index in [0.717, 1.165) is 5.56 Å². The van der Waals surface area contributed by atoms with Gasteiger partial charge in [0.25, 0.3) is 0 Å². The molecule has 2 heteroatoms. The quantitative estimate of drug-likeness (QED) is 0.590. The zero-order valence-corrected chi connectivity index (χ0v) is 9.41. The van der Waals surface area contributed by atoms with Crippen molar-refractivity contribution in [2.75, 3.05) is 0 Å². The molecule has 0 heterocycles. The number of carbonyl (C=O) groups excluding carboxylic acids is 1. The molecule has 0 unspecified atom stereocenters. The molecule has 0 saturated carbocycles. The highest BCUT2D eigenvalue weighted by molar-refractivity contribution is 7.79. The van der Waals surface area contributed by atoms with Gasteiger partial charge in [-0.3, -0.25) is 4.79 Å². The Labute approximate surface area is 99.7 Å². The van der Waals surface area contributed by atoms with E-state index in [9.17, 15) is 4.79 Å². The highest BCUT2D eigenvalue weighted by Gasteiger charge is 2.07. The molecule has 0 aliphatic carbocycles. The number of hydrogen-bond acceptors (Lipinski definition) is 2. The summed E-state index contributed by atoms with van der Waals surface area (Å²) in [5, 5.41) is 1.59. The van der Waals surface area contributed by atoms with Crippen molar-refractivity contribution in [3.8, 4) is 0 Å². The van der Waals surface area contributed by atoms with Crippen LogP contribution in [-0.2, 0) is 0 Å². The second-order valence-electron chi connectivity index (χ2n) is 3.44. The average Bonchev–Trinajstić information content (AvgIpc) is 2.39. The van der Waals surface area contributed by atoms with Gasteiger partial charge < -0.3 is 0 Å².